The van der Waals surface area contributed by atoms with Gasteiger partial charge in [0.05, 0.1) is 18.9 Å². The number of rotatable bonds is 3. The average molecular weight is 283 g/mol. The summed E-state index contributed by atoms with van der Waals surface area (Å²) in [6, 6.07) is 6.30. The summed E-state index contributed by atoms with van der Waals surface area (Å²) < 4.78 is 5.56. The fourth-order valence-electron chi connectivity index (χ4n) is 2.82. The predicted octanol–water partition coefficient (Wildman–Crippen LogP) is 3.26. The van der Waals surface area contributed by atoms with Crippen LogP contribution in [0.3, 0.4) is 0 Å². The number of aromatic nitrogens is 2. The predicted molar refractivity (Wildman–Crippen MR) is 84.5 cm³/mol. The molecule has 1 aliphatic heterocycles. The van der Waals surface area contributed by atoms with E-state index in [0.29, 0.717) is 6.61 Å². The Balaban J connectivity index is 2.17. The Bertz CT molecular complexity index is 647. The number of benzene rings is 1. The van der Waals surface area contributed by atoms with E-state index in [2.05, 4.69) is 44.3 Å². The van der Waals surface area contributed by atoms with E-state index in [1.165, 1.54) is 11.1 Å². The van der Waals surface area contributed by atoms with Crippen molar-refractivity contribution in [3.63, 3.8) is 0 Å². The van der Waals surface area contributed by atoms with Crippen molar-refractivity contribution in [2.45, 2.75) is 33.8 Å². The first-order valence-electron chi connectivity index (χ1n) is 7.48. The second-order valence-electron chi connectivity index (χ2n) is 5.42. The monoisotopic (exact) mass is 283 g/mol. The number of hydrogen-bond donors (Lipinski definition) is 1. The molecule has 0 aliphatic carbocycles. The van der Waals surface area contributed by atoms with Gasteiger partial charge < -0.3 is 10.1 Å². The lowest BCUT2D eigenvalue weighted by Crippen LogP contribution is -2.17. The molecule has 0 spiro atoms. The highest BCUT2D eigenvalue weighted by Gasteiger charge is 2.19. The second kappa shape index (κ2) is 5.82. The van der Waals surface area contributed by atoms with Crippen LogP contribution < -0.4 is 5.32 Å². The lowest BCUT2D eigenvalue weighted by molar-refractivity contribution is 0.109. The van der Waals surface area contributed by atoms with E-state index >= 15 is 0 Å². The van der Waals surface area contributed by atoms with E-state index in [4.69, 9.17) is 14.7 Å². The topological polar surface area (TPSA) is 47.0 Å². The Morgan fingerprint density at radius 3 is 2.67 bits per heavy atom. The molecular weight excluding hydrogens is 262 g/mol. The van der Waals surface area contributed by atoms with Crippen LogP contribution in [0.2, 0.25) is 0 Å². The third-order valence-corrected chi connectivity index (χ3v) is 3.87. The number of ether oxygens (including phenoxy) is 1. The molecule has 2 heterocycles. The number of aryl methyl sites for hydroxylation is 2. The first-order valence-corrected chi connectivity index (χ1v) is 7.48. The molecule has 4 nitrogen and oxygen atoms in total. The van der Waals surface area contributed by atoms with Gasteiger partial charge in [-0.05, 0) is 31.9 Å². The van der Waals surface area contributed by atoms with Crippen molar-refractivity contribution in [3.05, 3.63) is 40.6 Å². The molecule has 1 aliphatic rings. The zero-order valence-corrected chi connectivity index (χ0v) is 12.9. The van der Waals surface area contributed by atoms with E-state index in [1.54, 1.807) is 0 Å². The third kappa shape index (κ3) is 2.63. The van der Waals surface area contributed by atoms with Crippen molar-refractivity contribution in [3.8, 4) is 11.4 Å². The summed E-state index contributed by atoms with van der Waals surface area (Å²) in [5.41, 5.74) is 5.79. The van der Waals surface area contributed by atoms with E-state index < -0.39 is 0 Å². The zero-order valence-electron chi connectivity index (χ0n) is 12.9. The highest BCUT2D eigenvalue weighted by Crippen LogP contribution is 2.29. The SMILES string of the molecule is CCNc1nc(-c2c(C)cccc2C)nc2c1COCC2. The quantitative estimate of drug-likeness (QED) is 0.939. The summed E-state index contributed by atoms with van der Waals surface area (Å²) in [5, 5.41) is 3.35. The van der Waals surface area contributed by atoms with Gasteiger partial charge in [-0.2, -0.15) is 0 Å². The maximum absolute atomic E-state index is 5.56. The van der Waals surface area contributed by atoms with Crippen LogP contribution in [0.1, 0.15) is 29.3 Å². The number of fused-ring (bicyclic) bond motifs is 1. The van der Waals surface area contributed by atoms with Gasteiger partial charge in [0.1, 0.15) is 5.82 Å². The van der Waals surface area contributed by atoms with Gasteiger partial charge >= 0.3 is 0 Å². The maximum Gasteiger partial charge on any atom is 0.162 e. The third-order valence-electron chi connectivity index (χ3n) is 3.87. The molecule has 3 rings (SSSR count). The van der Waals surface area contributed by atoms with Crippen LogP contribution >= 0.6 is 0 Å². The highest BCUT2D eigenvalue weighted by molar-refractivity contribution is 5.67. The minimum atomic E-state index is 0.602. The van der Waals surface area contributed by atoms with Gasteiger partial charge in [0.15, 0.2) is 5.82 Å². The Morgan fingerprint density at radius 2 is 1.95 bits per heavy atom. The van der Waals surface area contributed by atoms with Gasteiger partial charge in [0.2, 0.25) is 0 Å². The number of hydrogen-bond acceptors (Lipinski definition) is 4. The molecule has 0 atom stereocenters. The van der Waals surface area contributed by atoms with Gasteiger partial charge in [-0.15, -0.1) is 0 Å². The Kier molecular flexibility index (Phi) is 3.88. The summed E-state index contributed by atoms with van der Waals surface area (Å²) in [5.74, 6) is 1.74. The van der Waals surface area contributed by atoms with Gasteiger partial charge in [-0.3, -0.25) is 0 Å². The molecule has 0 amide bonds. The summed E-state index contributed by atoms with van der Waals surface area (Å²) in [6.07, 6.45) is 0.855. The van der Waals surface area contributed by atoms with Crippen molar-refractivity contribution in [2.75, 3.05) is 18.5 Å². The molecule has 0 unspecified atom stereocenters. The molecule has 0 fully saturated rings. The fraction of sp³-hybridized carbons (Fsp3) is 0.412. The summed E-state index contributed by atoms with van der Waals surface area (Å²) in [6.45, 7) is 8.49. The number of nitrogens with zero attached hydrogens (tertiary/aromatic N) is 2. The van der Waals surface area contributed by atoms with Gasteiger partial charge in [0, 0.05) is 24.1 Å². The Morgan fingerprint density at radius 1 is 1.19 bits per heavy atom. The normalized spacial score (nSPS) is 13.9. The highest BCUT2D eigenvalue weighted by atomic mass is 16.5. The van der Waals surface area contributed by atoms with Crippen LogP contribution in [0, 0.1) is 13.8 Å². The Hall–Kier alpha value is -1.94. The van der Waals surface area contributed by atoms with Crippen LogP contribution in [0.5, 0.6) is 0 Å². The summed E-state index contributed by atoms with van der Waals surface area (Å²) in [7, 11) is 0. The van der Waals surface area contributed by atoms with Crippen LogP contribution in [-0.4, -0.2) is 23.1 Å². The molecule has 1 N–H and O–H groups in total. The molecule has 1 aromatic carbocycles. The summed E-state index contributed by atoms with van der Waals surface area (Å²) >= 11 is 0. The van der Waals surface area contributed by atoms with Gasteiger partial charge in [0.25, 0.3) is 0 Å². The number of anilines is 1. The molecular formula is C17H21N3O. The smallest absolute Gasteiger partial charge is 0.162 e. The standard InChI is InChI=1S/C17H21N3O/c1-4-18-16-13-10-21-9-8-14(13)19-17(20-16)15-11(2)6-5-7-12(15)3/h5-7H,4,8-10H2,1-3H3,(H,18,19,20). The van der Waals surface area contributed by atoms with Gasteiger partial charge in [-0.1, -0.05) is 18.2 Å². The molecule has 21 heavy (non-hydrogen) atoms. The lowest BCUT2D eigenvalue weighted by Gasteiger charge is -2.20. The first kappa shape index (κ1) is 14.0. The molecule has 1 aromatic heterocycles. The first-order chi connectivity index (χ1) is 10.2. The van der Waals surface area contributed by atoms with Crippen LogP contribution in [0.4, 0.5) is 5.82 Å². The van der Waals surface area contributed by atoms with Crippen LogP contribution in [0.15, 0.2) is 18.2 Å². The van der Waals surface area contributed by atoms with Crippen LogP contribution in [-0.2, 0) is 17.8 Å². The van der Waals surface area contributed by atoms with Crippen molar-refractivity contribution in [1.29, 1.82) is 0 Å². The van der Waals surface area contributed by atoms with E-state index in [-0.39, 0.29) is 0 Å². The molecule has 0 radical (unpaired) electrons. The average Bonchev–Trinajstić information content (AvgIpc) is 2.47. The van der Waals surface area contributed by atoms with Crippen LogP contribution in [0.25, 0.3) is 11.4 Å². The molecule has 110 valence electrons. The minimum absolute atomic E-state index is 0.602. The number of nitrogens with one attached hydrogen (secondary N) is 1. The Labute approximate surface area is 125 Å². The van der Waals surface area contributed by atoms with Crippen molar-refractivity contribution in [1.82, 2.24) is 9.97 Å². The van der Waals surface area contributed by atoms with Crippen molar-refractivity contribution >= 4 is 5.82 Å². The molecule has 2 aromatic rings. The van der Waals surface area contributed by atoms with Gasteiger partial charge in [-0.25, -0.2) is 9.97 Å². The summed E-state index contributed by atoms with van der Waals surface area (Å²) in [4.78, 5) is 9.58. The maximum atomic E-state index is 5.56. The zero-order chi connectivity index (χ0) is 14.8. The second-order valence-corrected chi connectivity index (χ2v) is 5.42. The van der Waals surface area contributed by atoms with E-state index in [9.17, 15) is 0 Å². The molecule has 4 heteroatoms. The molecule has 0 bridgehead atoms. The molecule has 0 saturated carbocycles. The van der Waals surface area contributed by atoms with Crippen molar-refractivity contribution in [2.24, 2.45) is 0 Å². The van der Waals surface area contributed by atoms with Crippen molar-refractivity contribution < 1.29 is 4.74 Å². The largest absolute Gasteiger partial charge is 0.376 e. The van der Waals surface area contributed by atoms with E-state index in [0.717, 1.165) is 48.0 Å². The fourth-order valence-corrected chi connectivity index (χ4v) is 2.82. The van der Waals surface area contributed by atoms with E-state index in [1.807, 2.05) is 0 Å². The molecule has 0 saturated heterocycles. The lowest BCUT2D eigenvalue weighted by atomic mass is 10.0. The minimum Gasteiger partial charge on any atom is -0.376 e.